The molecule has 1 saturated heterocycles. The molecule has 36 heavy (non-hydrogen) atoms. The van der Waals surface area contributed by atoms with Crippen molar-refractivity contribution in [1.82, 2.24) is 34.7 Å². The van der Waals surface area contributed by atoms with Gasteiger partial charge in [0.25, 0.3) is 11.8 Å². The van der Waals surface area contributed by atoms with Gasteiger partial charge in [-0.1, -0.05) is 5.92 Å². The van der Waals surface area contributed by atoms with E-state index in [9.17, 15) is 19.8 Å². The molecule has 5 rings (SSSR count). The van der Waals surface area contributed by atoms with Gasteiger partial charge in [-0.3, -0.25) is 14.2 Å². The van der Waals surface area contributed by atoms with Crippen LogP contribution in [0.1, 0.15) is 42.0 Å². The number of aliphatic hydroxyl groups is 2. The van der Waals surface area contributed by atoms with Gasteiger partial charge >= 0.3 is 5.91 Å². The van der Waals surface area contributed by atoms with Crippen LogP contribution in [0, 0.1) is 11.8 Å². The topological polar surface area (TPSA) is 195 Å². The number of nitrogen functional groups attached to an aromatic ring is 1. The molecule has 0 unspecified atom stereocenters. The Hall–Kier alpha value is -4.06. The maximum atomic E-state index is 12.8. The molecule has 2 fully saturated rings. The highest BCUT2D eigenvalue weighted by Gasteiger charge is 2.47. The van der Waals surface area contributed by atoms with Gasteiger partial charge in [0.1, 0.15) is 24.0 Å². The lowest BCUT2D eigenvalue weighted by atomic mass is 9.91. The molecule has 1 aliphatic carbocycles. The van der Waals surface area contributed by atoms with E-state index in [4.69, 9.17) is 14.9 Å². The molecule has 4 atom stereocenters. The van der Waals surface area contributed by atoms with Crippen molar-refractivity contribution >= 4 is 28.8 Å². The second-order valence-corrected chi connectivity index (χ2v) is 8.46. The van der Waals surface area contributed by atoms with Gasteiger partial charge < -0.3 is 35.3 Å². The summed E-state index contributed by atoms with van der Waals surface area (Å²) in [6.45, 7) is 0.108. The Kier molecular flexibility index (Phi) is 6.27. The zero-order valence-corrected chi connectivity index (χ0v) is 19.2. The molecule has 14 nitrogen and oxygen atoms in total. The van der Waals surface area contributed by atoms with Gasteiger partial charge in [0.05, 0.1) is 19.1 Å². The molecule has 5 N–H and O–H groups in total. The number of likely N-dealkylation sites (N-methyl/N-ethyl adjacent to an activating group) is 1. The number of hydrogen-bond donors (Lipinski definition) is 4. The zero-order valence-electron chi connectivity index (χ0n) is 19.2. The van der Waals surface area contributed by atoms with Gasteiger partial charge in [-0.15, -0.1) is 0 Å². The maximum Gasteiger partial charge on any atom is 0.310 e. The Bertz CT molecular complexity index is 1340. The summed E-state index contributed by atoms with van der Waals surface area (Å²) in [7, 11) is 1.40. The van der Waals surface area contributed by atoms with Crippen LogP contribution >= 0.6 is 0 Å². The number of nitrogens with two attached hydrogens (primary N) is 1. The van der Waals surface area contributed by atoms with Gasteiger partial charge in [-0.2, -0.15) is 0 Å². The van der Waals surface area contributed by atoms with Gasteiger partial charge in [-0.25, -0.2) is 19.9 Å². The van der Waals surface area contributed by atoms with Crippen LogP contribution < -0.4 is 11.1 Å². The van der Waals surface area contributed by atoms with Crippen LogP contribution in [-0.4, -0.2) is 89.4 Å². The summed E-state index contributed by atoms with van der Waals surface area (Å²) in [5, 5.41) is 23.2. The second-order valence-electron chi connectivity index (χ2n) is 8.46. The van der Waals surface area contributed by atoms with Crippen LogP contribution in [0.15, 0.2) is 23.2 Å². The van der Waals surface area contributed by atoms with E-state index in [-0.39, 0.29) is 47.2 Å². The van der Waals surface area contributed by atoms with Gasteiger partial charge in [0.15, 0.2) is 23.8 Å². The van der Waals surface area contributed by atoms with E-state index in [2.05, 4.69) is 37.1 Å². The number of aromatic nitrogens is 5. The number of carbonyl (C=O) groups excluding carboxylic acids is 2. The zero-order chi connectivity index (χ0) is 25.4. The van der Waals surface area contributed by atoms with E-state index in [1.54, 1.807) is 4.90 Å². The molecule has 3 aromatic rings. The summed E-state index contributed by atoms with van der Waals surface area (Å²) >= 11 is 0. The number of amides is 2. The lowest BCUT2D eigenvalue weighted by molar-refractivity contribution is -0.137. The van der Waals surface area contributed by atoms with Crippen LogP contribution in [-0.2, 0) is 9.53 Å². The molecule has 0 radical (unpaired) electrons. The number of hydrogen-bond acceptors (Lipinski definition) is 11. The van der Waals surface area contributed by atoms with E-state index in [0.29, 0.717) is 0 Å². The summed E-state index contributed by atoms with van der Waals surface area (Å²) in [5.74, 6) is 4.93. The number of carbonyl (C=O) groups is 2. The fourth-order valence-corrected chi connectivity index (χ4v) is 4.15. The van der Waals surface area contributed by atoms with Crippen molar-refractivity contribution in [1.29, 1.82) is 0 Å². The molecular weight excluding hydrogens is 472 g/mol. The third kappa shape index (κ3) is 4.13. The molecule has 0 spiro atoms. The molecule has 1 saturated carbocycles. The highest BCUT2D eigenvalue weighted by Crippen LogP contribution is 2.32. The molecule has 1 aliphatic heterocycles. The number of aliphatic hydroxyl groups excluding tert-OH is 2. The van der Waals surface area contributed by atoms with E-state index in [0.717, 1.165) is 19.3 Å². The standard InChI is InChI=1S/C22H24N8O6/c1-24-19(33)16-14(31)15(32)22(36-16)30-10-26-13-17(23)27-12(28-18(13)30)6-3-8-29(11-4-2-5-11)21(34)20-25-7-9-35-20/h7,9-11,14-16,22,31-32H,2,4-5,8H2,1H3,(H,24,33)(H2,23,27,28)/t14-,15+,16-,22+/m0/s1. The minimum Gasteiger partial charge on any atom is -0.441 e. The van der Waals surface area contributed by atoms with Crippen molar-refractivity contribution in [3.8, 4) is 11.8 Å². The van der Waals surface area contributed by atoms with Crippen LogP contribution in [0.25, 0.3) is 11.2 Å². The van der Waals surface area contributed by atoms with Crippen molar-refractivity contribution in [2.75, 3.05) is 19.3 Å². The number of nitrogens with zero attached hydrogens (tertiary/aromatic N) is 6. The highest BCUT2D eigenvalue weighted by atomic mass is 16.6. The predicted octanol–water partition coefficient (Wildman–Crippen LogP) is -1.19. The first kappa shape index (κ1) is 23.7. The smallest absolute Gasteiger partial charge is 0.310 e. The SMILES string of the molecule is CNC(=O)[C@H]1O[C@@H](n2cnc3c(N)nc(C#CCN(C(=O)c4ncco4)C4CCC4)nc32)[C@H](O)[C@@H]1O. The van der Waals surface area contributed by atoms with Crippen molar-refractivity contribution in [2.24, 2.45) is 0 Å². The van der Waals surface area contributed by atoms with Crippen LogP contribution in [0.3, 0.4) is 0 Å². The normalized spacial score (nSPS) is 23.6. The summed E-state index contributed by atoms with van der Waals surface area (Å²) in [4.78, 5) is 43.0. The fourth-order valence-electron chi connectivity index (χ4n) is 4.15. The van der Waals surface area contributed by atoms with Crippen molar-refractivity contribution in [3.05, 3.63) is 30.5 Å². The lowest BCUT2D eigenvalue weighted by Crippen LogP contribution is -2.44. The molecular formula is C22H24N8O6. The number of anilines is 1. The monoisotopic (exact) mass is 496 g/mol. The summed E-state index contributed by atoms with van der Waals surface area (Å²) < 4.78 is 12.1. The van der Waals surface area contributed by atoms with Crippen molar-refractivity contribution < 1.29 is 29.0 Å². The Morgan fingerprint density at radius 3 is 2.75 bits per heavy atom. The Balaban J connectivity index is 1.41. The molecule has 0 bridgehead atoms. The van der Waals surface area contributed by atoms with Crippen LogP contribution in [0.5, 0.6) is 0 Å². The Morgan fingerprint density at radius 1 is 1.28 bits per heavy atom. The first-order valence-corrected chi connectivity index (χ1v) is 11.3. The second kappa shape index (κ2) is 9.53. The lowest BCUT2D eigenvalue weighted by Gasteiger charge is -2.35. The largest absolute Gasteiger partial charge is 0.441 e. The number of rotatable bonds is 5. The van der Waals surface area contributed by atoms with Crippen molar-refractivity contribution in [3.63, 3.8) is 0 Å². The highest BCUT2D eigenvalue weighted by molar-refractivity contribution is 5.90. The summed E-state index contributed by atoms with van der Waals surface area (Å²) in [5.41, 5.74) is 6.50. The Morgan fingerprint density at radius 2 is 2.08 bits per heavy atom. The molecule has 0 aromatic carbocycles. The number of ether oxygens (including phenoxy) is 1. The predicted molar refractivity (Wildman–Crippen MR) is 122 cm³/mol. The summed E-state index contributed by atoms with van der Waals surface area (Å²) in [6, 6.07) is 0.0503. The number of fused-ring (bicyclic) bond motifs is 1. The van der Waals surface area contributed by atoms with Gasteiger partial charge in [0, 0.05) is 13.1 Å². The number of imidazole rings is 1. The minimum absolute atomic E-state index is 0.00174. The first-order valence-electron chi connectivity index (χ1n) is 11.3. The average molecular weight is 496 g/mol. The fraction of sp³-hybridized carbons (Fsp3) is 0.455. The third-order valence-electron chi connectivity index (χ3n) is 6.31. The molecule has 3 aromatic heterocycles. The van der Waals surface area contributed by atoms with E-state index < -0.39 is 30.4 Å². The van der Waals surface area contributed by atoms with E-state index >= 15 is 0 Å². The quantitative estimate of drug-likeness (QED) is 0.310. The van der Waals surface area contributed by atoms with Crippen LogP contribution in [0.2, 0.25) is 0 Å². The number of nitrogens with one attached hydrogen (secondary N) is 1. The number of oxazole rings is 1. The maximum absolute atomic E-state index is 12.8. The van der Waals surface area contributed by atoms with Gasteiger partial charge in [0.2, 0.25) is 5.82 Å². The van der Waals surface area contributed by atoms with Gasteiger partial charge in [-0.05, 0) is 25.2 Å². The molecule has 14 heteroatoms. The van der Waals surface area contributed by atoms with E-state index in [1.165, 1.54) is 30.4 Å². The molecule has 2 aliphatic rings. The molecule has 188 valence electrons. The van der Waals surface area contributed by atoms with Crippen LogP contribution in [0.4, 0.5) is 5.82 Å². The first-order chi connectivity index (χ1) is 17.4. The Labute approximate surface area is 204 Å². The summed E-state index contributed by atoms with van der Waals surface area (Å²) in [6.07, 6.45) is 1.55. The molecule has 2 amide bonds. The van der Waals surface area contributed by atoms with E-state index in [1.807, 2.05) is 0 Å². The minimum atomic E-state index is -1.45. The average Bonchev–Trinajstić information content (AvgIpc) is 3.57. The third-order valence-corrected chi connectivity index (χ3v) is 6.31. The van der Waals surface area contributed by atoms with Crippen molar-refractivity contribution in [2.45, 2.75) is 49.8 Å². The molecule has 4 heterocycles.